The van der Waals surface area contributed by atoms with Crippen LogP contribution in [0.3, 0.4) is 0 Å². The summed E-state index contributed by atoms with van der Waals surface area (Å²) in [5, 5.41) is 0. The highest BCUT2D eigenvalue weighted by atomic mass is 32.2. The van der Waals surface area contributed by atoms with Crippen LogP contribution in [-0.4, -0.2) is 29.4 Å². The molecule has 3 heteroatoms. The molecule has 1 fully saturated rings. The van der Waals surface area contributed by atoms with E-state index in [-0.39, 0.29) is 5.92 Å². The molecule has 1 saturated heterocycles. The van der Waals surface area contributed by atoms with Gasteiger partial charge in [0.2, 0.25) is 5.91 Å². The van der Waals surface area contributed by atoms with Crippen LogP contribution in [0.15, 0.2) is 30.3 Å². The Balaban J connectivity index is 1.90. The molecular weight excluding hydrogens is 230 g/mol. The normalized spacial score (nSPS) is 19.9. The second-order valence-electron chi connectivity index (χ2n) is 4.59. The van der Waals surface area contributed by atoms with Crippen LogP contribution < -0.4 is 0 Å². The van der Waals surface area contributed by atoms with Gasteiger partial charge in [-0.2, -0.15) is 11.8 Å². The van der Waals surface area contributed by atoms with Crippen molar-refractivity contribution in [2.45, 2.75) is 19.4 Å². The Labute approximate surface area is 107 Å². The van der Waals surface area contributed by atoms with E-state index < -0.39 is 0 Å². The molecular formula is C14H19NOS. The van der Waals surface area contributed by atoms with Crippen LogP contribution in [0.25, 0.3) is 0 Å². The lowest BCUT2D eigenvalue weighted by Gasteiger charge is -2.26. The van der Waals surface area contributed by atoms with Crippen molar-refractivity contribution >= 4 is 17.7 Å². The van der Waals surface area contributed by atoms with E-state index >= 15 is 0 Å². The van der Waals surface area contributed by atoms with E-state index in [0.29, 0.717) is 5.91 Å². The van der Waals surface area contributed by atoms with Gasteiger partial charge in [0.1, 0.15) is 0 Å². The maximum atomic E-state index is 12.2. The molecule has 1 unspecified atom stereocenters. The van der Waals surface area contributed by atoms with Crippen LogP contribution in [0.4, 0.5) is 0 Å². The van der Waals surface area contributed by atoms with E-state index in [9.17, 15) is 4.79 Å². The second-order valence-corrected chi connectivity index (χ2v) is 5.74. The molecule has 0 aliphatic carbocycles. The molecule has 1 atom stereocenters. The molecule has 0 spiro atoms. The average Bonchev–Trinajstić information content (AvgIpc) is 2.40. The van der Waals surface area contributed by atoms with Gasteiger partial charge in [-0.05, 0) is 24.2 Å². The van der Waals surface area contributed by atoms with Gasteiger partial charge in [-0.15, -0.1) is 0 Å². The van der Waals surface area contributed by atoms with Gasteiger partial charge < -0.3 is 4.90 Å². The average molecular weight is 249 g/mol. The first-order valence-corrected chi connectivity index (χ1v) is 7.29. The molecule has 0 saturated carbocycles. The Kier molecular flexibility index (Phi) is 4.49. The molecule has 0 N–H and O–H groups in total. The molecule has 1 aliphatic heterocycles. The van der Waals surface area contributed by atoms with Crippen molar-refractivity contribution in [3.05, 3.63) is 35.9 Å². The highest BCUT2D eigenvalue weighted by molar-refractivity contribution is 7.99. The Morgan fingerprint density at radius 2 is 2.18 bits per heavy atom. The molecule has 1 aliphatic rings. The molecule has 2 rings (SSSR count). The summed E-state index contributed by atoms with van der Waals surface area (Å²) in [6.07, 6.45) is 2.24. The minimum atomic E-state index is 0.238. The fourth-order valence-electron chi connectivity index (χ4n) is 2.18. The minimum Gasteiger partial charge on any atom is -0.341 e. The summed E-state index contributed by atoms with van der Waals surface area (Å²) in [5.41, 5.74) is 1.20. The zero-order valence-corrected chi connectivity index (χ0v) is 11.1. The number of rotatable bonds is 3. The summed E-state index contributed by atoms with van der Waals surface area (Å²) in [7, 11) is 1.91. The maximum Gasteiger partial charge on any atom is 0.226 e. The number of amides is 1. The topological polar surface area (TPSA) is 20.3 Å². The number of nitrogens with zero attached hydrogens (tertiary/aromatic N) is 1. The van der Waals surface area contributed by atoms with Gasteiger partial charge in [0.25, 0.3) is 0 Å². The molecule has 17 heavy (non-hydrogen) atoms. The maximum absolute atomic E-state index is 12.2. The third-order valence-electron chi connectivity index (χ3n) is 3.15. The summed E-state index contributed by atoms with van der Waals surface area (Å²) in [4.78, 5) is 14.1. The number of thioether (sulfide) groups is 1. The van der Waals surface area contributed by atoms with Crippen molar-refractivity contribution in [2.75, 3.05) is 18.6 Å². The Morgan fingerprint density at radius 3 is 2.82 bits per heavy atom. The van der Waals surface area contributed by atoms with Crippen molar-refractivity contribution in [3.63, 3.8) is 0 Å². The van der Waals surface area contributed by atoms with Gasteiger partial charge in [-0.25, -0.2) is 0 Å². The van der Waals surface area contributed by atoms with Crippen molar-refractivity contribution in [2.24, 2.45) is 5.92 Å². The van der Waals surface area contributed by atoms with Gasteiger partial charge >= 0.3 is 0 Å². The van der Waals surface area contributed by atoms with Crippen LogP contribution in [-0.2, 0) is 11.3 Å². The van der Waals surface area contributed by atoms with Crippen molar-refractivity contribution < 1.29 is 4.79 Å². The molecule has 0 radical (unpaired) electrons. The van der Waals surface area contributed by atoms with Gasteiger partial charge in [0.05, 0.1) is 0 Å². The first-order valence-electron chi connectivity index (χ1n) is 6.14. The molecule has 2 nitrogen and oxygen atoms in total. The van der Waals surface area contributed by atoms with Crippen molar-refractivity contribution in [3.8, 4) is 0 Å². The Bertz CT molecular complexity index is 360. The smallest absolute Gasteiger partial charge is 0.226 e. The largest absolute Gasteiger partial charge is 0.341 e. The predicted molar refractivity (Wildman–Crippen MR) is 73.0 cm³/mol. The van der Waals surface area contributed by atoms with Crippen LogP contribution >= 0.6 is 11.8 Å². The molecule has 1 aromatic rings. The number of benzene rings is 1. The monoisotopic (exact) mass is 249 g/mol. The number of hydrogen-bond donors (Lipinski definition) is 0. The Morgan fingerprint density at radius 1 is 1.41 bits per heavy atom. The molecule has 0 aromatic heterocycles. The summed E-state index contributed by atoms with van der Waals surface area (Å²) in [5.74, 6) is 2.76. The fourth-order valence-corrected chi connectivity index (χ4v) is 3.31. The molecule has 1 heterocycles. The molecule has 1 amide bonds. The molecule has 92 valence electrons. The Hall–Kier alpha value is -0.960. The summed E-state index contributed by atoms with van der Waals surface area (Å²) in [6, 6.07) is 10.2. The summed E-state index contributed by atoms with van der Waals surface area (Å²) >= 11 is 1.91. The van der Waals surface area contributed by atoms with E-state index in [1.54, 1.807) is 0 Å². The standard InChI is InChI=1S/C14H19NOS/c1-15(10-12-6-3-2-4-7-12)14(16)13-8-5-9-17-11-13/h2-4,6-7,13H,5,8-11H2,1H3. The third kappa shape index (κ3) is 3.50. The van der Waals surface area contributed by atoms with Crippen molar-refractivity contribution in [1.29, 1.82) is 0 Å². The van der Waals surface area contributed by atoms with Gasteiger partial charge in [0.15, 0.2) is 0 Å². The SMILES string of the molecule is CN(Cc1ccccc1)C(=O)C1CCCSC1. The fraction of sp³-hybridized carbons (Fsp3) is 0.500. The zero-order valence-electron chi connectivity index (χ0n) is 10.3. The molecule has 0 bridgehead atoms. The highest BCUT2D eigenvalue weighted by Crippen LogP contribution is 2.24. The lowest BCUT2D eigenvalue weighted by atomic mass is 10.0. The van der Waals surface area contributed by atoms with E-state index in [2.05, 4.69) is 12.1 Å². The van der Waals surface area contributed by atoms with Gasteiger partial charge in [0, 0.05) is 25.3 Å². The number of carbonyl (C=O) groups excluding carboxylic acids is 1. The van der Waals surface area contributed by atoms with Crippen LogP contribution in [0.5, 0.6) is 0 Å². The summed E-state index contributed by atoms with van der Waals surface area (Å²) < 4.78 is 0. The van der Waals surface area contributed by atoms with Crippen LogP contribution in [0.2, 0.25) is 0 Å². The van der Waals surface area contributed by atoms with Crippen LogP contribution in [0, 0.1) is 5.92 Å². The van der Waals surface area contributed by atoms with Gasteiger partial charge in [-0.3, -0.25) is 4.79 Å². The number of hydrogen-bond acceptors (Lipinski definition) is 2. The third-order valence-corrected chi connectivity index (χ3v) is 4.36. The second kappa shape index (κ2) is 6.10. The van der Waals surface area contributed by atoms with E-state index in [1.807, 2.05) is 41.9 Å². The van der Waals surface area contributed by atoms with E-state index in [0.717, 1.165) is 18.7 Å². The highest BCUT2D eigenvalue weighted by Gasteiger charge is 2.24. The lowest BCUT2D eigenvalue weighted by molar-refractivity contribution is -0.134. The first-order chi connectivity index (χ1) is 8.27. The lowest BCUT2D eigenvalue weighted by Crippen LogP contribution is -2.34. The van der Waals surface area contributed by atoms with E-state index in [4.69, 9.17) is 0 Å². The summed E-state index contributed by atoms with van der Waals surface area (Å²) in [6.45, 7) is 0.723. The predicted octanol–water partition coefficient (Wildman–Crippen LogP) is 2.79. The minimum absolute atomic E-state index is 0.238. The van der Waals surface area contributed by atoms with E-state index in [1.165, 1.54) is 17.7 Å². The number of carbonyl (C=O) groups is 1. The quantitative estimate of drug-likeness (QED) is 0.821. The molecule has 1 aromatic carbocycles. The first kappa shape index (κ1) is 12.5. The zero-order chi connectivity index (χ0) is 12.1. The van der Waals surface area contributed by atoms with Crippen molar-refractivity contribution in [1.82, 2.24) is 4.90 Å². The van der Waals surface area contributed by atoms with Gasteiger partial charge in [-0.1, -0.05) is 30.3 Å². The van der Waals surface area contributed by atoms with Crippen LogP contribution in [0.1, 0.15) is 18.4 Å².